The van der Waals surface area contributed by atoms with Crippen LogP contribution in [0.25, 0.3) is 0 Å². The van der Waals surface area contributed by atoms with Gasteiger partial charge in [0.15, 0.2) is 0 Å². The summed E-state index contributed by atoms with van der Waals surface area (Å²) in [5.41, 5.74) is 6.19. The Hall–Kier alpha value is -1.07. The van der Waals surface area contributed by atoms with Crippen molar-refractivity contribution in [3.05, 3.63) is 39.1 Å². The Morgan fingerprint density at radius 1 is 1.53 bits per heavy atom. The van der Waals surface area contributed by atoms with Crippen LogP contribution in [0.1, 0.15) is 4.88 Å². The lowest BCUT2D eigenvalue weighted by Crippen LogP contribution is -1.97. The zero-order valence-electron chi connectivity index (χ0n) is 7.81. The van der Waals surface area contributed by atoms with Gasteiger partial charge in [-0.05, 0) is 33.4 Å². The van der Waals surface area contributed by atoms with Crippen molar-refractivity contribution in [1.29, 1.82) is 0 Å². The summed E-state index contributed by atoms with van der Waals surface area (Å²) in [6.45, 7) is 0.535. The maximum atomic E-state index is 5.57. The molecule has 0 fully saturated rings. The summed E-state index contributed by atoms with van der Waals surface area (Å²) in [6, 6.07) is 5.79. The first-order chi connectivity index (χ1) is 7.25. The van der Waals surface area contributed by atoms with Gasteiger partial charge in [0.05, 0.1) is 16.4 Å². The van der Waals surface area contributed by atoms with Crippen molar-refractivity contribution in [2.45, 2.75) is 6.61 Å². The van der Waals surface area contributed by atoms with E-state index in [1.165, 1.54) is 4.88 Å². The number of halogens is 1. The third kappa shape index (κ3) is 2.70. The predicted octanol–water partition coefficient (Wildman–Crippen LogP) is 3.07. The molecule has 2 aromatic rings. The van der Waals surface area contributed by atoms with Gasteiger partial charge in [0, 0.05) is 4.88 Å². The molecule has 0 amide bonds. The van der Waals surface area contributed by atoms with Gasteiger partial charge in [-0.3, -0.25) is 0 Å². The highest BCUT2D eigenvalue weighted by atomic mass is 79.9. The highest BCUT2D eigenvalue weighted by Crippen LogP contribution is 2.25. The number of hydrogen-bond donors (Lipinski definition) is 1. The van der Waals surface area contributed by atoms with E-state index < -0.39 is 0 Å². The van der Waals surface area contributed by atoms with E-state index in [2.05, 4.69) is 20.9 Å². The minimum absolute atomic E-state index is 0.535. The fraction of sp³-hybridized carbons (Fsp3) is 0.100. The molecule has 5 heteroatoms. The summed E-state index contributed by atoms with van der Waals surface area (Å²) in [7, 11) is 0. The summed E-state index contributed by atoms with van der Waals surface area (Å²) >= 11 is 5.01. The van der Waals surface area contributed by atoms with Gasteiger partial charge in [-0.15, -0.1) is 11.3 Å². The van der Waals surface area contributed by atoms with E-state index in [0.717, 1.165) is 4.47 Å². The van der Waals surface area contributed by atoms with E-state index in [-0.39, 0.29) is 0 Å². The van der Waals surface area contributed by atoms with Crippen LogP contribution in [0.2, 0.25) is 0 Å². The topological polar surface area (TPSA) is 48.1 Å². The molecule has 2 rings (SSSR count). The largest absolute Gasteiger partial charge is 0.471 e. The molecule has 0 aromatic carbocycles. The molecule has 0 aliphatic rings. The Balaban J connectivity index is 2.05. The van der Waals surface area contributed by atoms with Crippen LogP contribution in [0, 0.1) is 0 Å². The molecule has 0 spiro atoms. The van der Waals surface area contributed by atoms with Crippen LogP contribution in [0.4, 0.5) is 5.69 Å². The molecule has 0 aliphatic carbocycles. The molecular weight excluding hydrogens is 276 g/mol. The summed E-state index contributed by atoms with van der Waals surface area (Å²) < 4.78 is 6.31. The number of aromatic nitrogens is 1. The van der Waals surface area contributed by atoms with Gasteiger partial charge < -0.3 is 10.5 Å². The normalized spacial score (nSPS) is 10.2. The first-order valence-electron chi connectivity index (χ1n) is 4.32. The summed E-state index contributed by atoms with van der Waals surface area (Å²) in [5.74, 6) is 0.567. The first-order valence-corrected chi connectivity index (χ1v) is 5.99. The van der Waals surface area contributed by atoms with Crippen molar-refractivity contribution < 1.29 is 4.74 Å². The van der Waals surface area contributed by atoms with Crippen LogP contribution >= 0.6 is 27.3 Å². The minimum atomic E-state index is 0.535. The Labute approximate surface area is 100 Å². The number of anilines is 1. The number of pyridine rings is 1. The summed E-state index contributed by atoms with van der Waals surface area (Å²) in [4.78, 5) is 5.25. The van der Waals surface area contributed by atoms with Gasteiger partial charge in [0.25, 0.3) is 0 Å². The van der Waals surface area contributed by atoms with Crippen LogP contribution in [0.15, 0.2) is 34.2 Å². The number of hydrogen-bond acceptors (Lipinski definition) is 4. The van der Waals surface area contributed by atoms with Gasteiger partial charge in [0.1, 0.15) is 6.61 Å². The van der Waals surface area contributed by atoms with Crippen molar-refractivity contribution in [3.8, 4) is 5.88 Å². The average molecular weight is 285 g/mol. The standard InChI is InChI=1S/C10H9BrN2OS/c11-9-4-7(12)5-13-10(9)14-6-8-2-1-3-15-8/h1-5H,6,12H2. The molecule has 2 aromatic heterocycles. The van der Waals surface area contributed by atoms with Crippen LogP contribution in [-0.2, 0) is 6.61 Å². The van der Waals surface area contributed by atoms with E-state index in [4.69, 9.17) is 10.5 Å². The van der Waals surface area contributed by atoms with Crippen molar-refractivity contribution in [1.82, 2.24) is 4.98 Å². The molecule has 0 bridgehead atoms. The molecular formula is C10H9BrN2OS. The van der Waals surface area contributed by atoms with Crippen LogP contribution < -0.4 is 10.5 Å². The lowest BCUT2D eigenvalue weighted by atomic mass is 10.4. The maximum Gasteiger partial charge on any atom is 0.228 e. The zero-order valence-corrected chi connectivity index (χ0v) is 10.2. The zero-order chi connectivity index (χ0) is 10.7. The van der Waals surface area contributed by atoms with Crippen molar-refractivity contribution >= 4 is 33.0 Å². The SMILES string of the molecule is Nc1cnc(OCc2cccs2)c(Br)c1. The maximum absolute atomic E-state index is 5.57. The third-order valence-electron chi connectivity index (χ3n) is 1.76. The highest BCUT2D eigenvalue weighted by Gasteiger charge is 2.03. The van der Waals surface area contributed by atoms with E-state index in [9.17, 15) is 0 Å². The lowest BCUT2D eigenvalue weighted by Gasteiger charge is -2.05. The predicted molar refractivity (Wildman–Crippen MR) is 65.0 cm³/mol. The first kappa shape index (κ1) is 10.4. The monoisotopic (exact) mass is 284 g/mol. The number of rotatable bonds is 3. The summed E-state index contributed by atoms with van der Waals surface area (Å²) in [5, 5.41) is 2.02. The van der Waals surface area contributed by atoms with Crippen LogP contribution in [-0.4, -0.2) is 4.98 Å². The average Bonchev–Trinajstić information content (AvgIpc) is 2.69. The Kier molecular flexibility index (Phi) is 3.23. The summed E-state index contributed by atoms with van der Waals surface area (Å²) in [6.07, 6.45) is 1.58. The molecule has 3 nitrogen and oxygen atoms in total. The minimum Gasteiger partial charge on any atom is -0.471 e. The molecule has 0 radical (unpaired) electrons. The highest BCUT2D eigenvalue weighted by molar-refractivity contribution is 9.10. The quantitative estimate of drug-likeness (QED) is 0.942. The molecule has 0 aliphatic heterocycles. The Morgan fingerprint density at radius 3 is 3.07 bits per heavy atom. The molecule has 2 N–H and O–H groups in total. The van der Waals surface area contributed by atoms with E-state index in [0.29, 0.717) is 18.2 Å². The molecule has 0 saturated carbocycles. The lowest BCUT2D eigenvalue weighted by molar-refractivity contribution is 0.295. The smallest absolute Gasteiger partial charge is 0.228 e. The van der Waals surface area contributed by atoms with Gasteiger partial charge in [-0.25, -0.2) is 4.98 Å². The number of nitrogens with two attached hydrogens (primary N) is 1. The van der Waals surface area contributed by atoms with Crippen LogP contribution in [0.3, 0.4) is 0 Å². The molecule has 0 saturated heterocycles. The van der Waals surface area contributed by atoms with Gasteiger partial charge in [0.2, 0.25) is 5.88 Å². The number of nitrogen functional groups attached to an aromatic ring is 1. The molecule has 78 valence electrons. The van der Waals surface area contributed by atoms with Gasteiger partial charge >= 0.3 is 0 Å². The molecule has 15 heavy (non-hydrogen) atoms. The van der Waals surface area contributed by atoms with E-state index in [1.54, 1.807) is 23.6 Å². The third-order valence-corrected chi connectivity index (χ3v) is 3.18. The van der Waals surface area contributed by atoms with Gasteiger partial charge in [-0.2, -0.15) is 0 Å². The second-order valence-corrected chi connectivity index (χ2v) is 4.81. The fourth-order valence-electron chi connectivity index (χ4n) is 1.08. The Bertz CT molecular complexity index is 445. The van der Waals surface area contributed by atoms with Gasteiger partial charge in [-0.1, -0.05) is 6.07 Å². The second-order valence-electron chi connectivity index (χ2n) is 2.92. The number of ether oxygens (including phenoxy) is 1. The van der Waals surface area contributed by atoms with Crippen molar-refractivity contribution in [3.63, 3.8) is 0 Å². The number of nitrogens with zero attached hydrogens (tertiary/aromatic N) is 1. The molecule has 2 heterocycles. The molecule has 0 unspecified atom stereocenters. The molecule has 0 atom stereocenters. The van der Waals surface area contributed by atoms with E-state index >= 15 is 0 Å². The fourth-order valence-corrected chi connectivity index (χ4v) is 2.18. The Morgan fingerprint density at radius 2 is 2.40 bits per heavy atom. The van der Waals surface area contributed by atoms with E-state index in [1.807, 2.05) is 17.5 Å². The van der Waals surface area contributed by atoms with Crippen molar-refractivity contribution in [2.24, 2.45) is 0 Å². The van der Waals surface area contributed by atoms with Crippen LogP contribution in [0.5, 0.6) is 5.88 Å². The van der Waals surface area contributed by atoms with Crippen molar-refractivity contribution in [2.75, 3.05) is 5.73 Å². The second kappa shape index (κ2) is 4.63. The number of thiophene rings is 1.